The van der Waals surface area contributed by atoms with Crippen molar-refractivity contribution < 1.29 is 9.21 Å². The summed E-state index contributed by atoms with van der Waals surface area (Å²) in [5.41, 5.74) is 2.19. The quantitative estimate of drug-likeness (QED) is 0.851. The van der Waals surface area contributed by atoms with Gasteiger partial charge in [0.05, 0.1) is 6.42 Å². The minimum absolute atomic E-state index is 0.108. The lowest BCUT2D eigenvalue weighted by Gasteiger charge is -2.04. The van der Waals surface area contributed by atoms with Crippen molar-refractivity contribution in [2.45, 2.75) is 20.3 Å². The van der Waals surface area contributed by atoms with Crippen molar-refractivity contribution in [2.24, 2.45) is 0 Å². The third kappa shape index (κ3) is 2.67. The van der Waals surface area contributed by atoms with Crippen LogP contribution in [0, 0.1) is 6.92 Å². The molecule has 0 aliphatic heterocycles. The van der Waals surface area contributed by atoms with Crippen LogP contribution in [0.25, 0.3) is 11.3 Å². The zero-order chi connectivity index (χ0) is 12.4. The Labute approximate surface area is 109 Å². The number of Topliss-reactive ketones (excluding diaryl/α,β-unsaturated/α-hetero) is 1. The molecule has 0 fully saturated rings. The second-order valence-corrected chi connectivity index (χ2v) is 4.91. The summed E-state index contributed by atoms with van der Waals surface area (Å²) in [5, 5.41) is 0. The molecule has 17 heavy (non-hydrogen) atoms. The number of hydrogen-bond donors (Lipinski definition) is 0. The van der Waals surface area contributed by atoms with Crippen LogP contribution in [0.5, 0.6) is 0 Å². The van der Waals surface area contributed by atoms with E-state index in [9.17, 15) is 4.79 Å². The second-order valence-electron chi connectivity index (χ2n) is 4.06. The first-order valence-corrected chi connectivity index (χ1v) is 6.21. The predicted molar refractivity (Wildman–Crippen MR) is 71.0 cm³/mol. The highest BCUT2D eigenvalue weighted by Gasteiger charge is 2.09. The van der Waals surface area contributed by atoms with Gasteiger partial charge in [0.2, 0.25) is 0 Å². The van der Waals surface area contributed by atoms with Gasteiger partial charge in [-0.25, -0.2) is 0 Å². The minimum atomic E-state index is 0.108. The number of rotatable bonds is 3. The van der Waals surface area contributed by atoms with Crippen molar-refractivity contribution >= 4 is 21.7 Å². The van der Waals surface area contributed by atoms with Crippen LogP contribution in [0.3, 0.4) is 0 Å². The van der Waals surface area contributed by atoms with Crippen LogP contribution >= 0.6 is 15.9 Å². The van der Waals surface area contributed by atoms with Crippen LogP contribution in [0.2, 0.25) is 0 Å². The molecule has 0 aliphatic rings. The van der Waals surface area contributed by atoms with E-state index in [1.54, 1.807) is 6.92 Å². The van der Waals surface area contributed by atoms with E-state index in [-0.39, 0.29) is 5.78 Å². The molecule has 3 heteroatoms. The molecule has 1 aromatic carbocycles. The molecule has 0 N–H and O–H groups in total. The SMILES string of the molecule is CC(=O)Cc1ccc(-c2cccc(Br)c2C)o1. The molecular formula is C14H13BrO2. The summed E-state index contributed by atoms with van der Waals surface area (Å²) in [6.45, 7) is 3.60. The van der Waals surface area contributed by atoms with Crippen LogP contribution in [-0.2, 0) is 11.2 Å². The van der Waals surface area contributed by atoms with Gasteiger partial charge < -0.3 is 4.42 Å². The molecule has 88 valence electrons. The summed E-state index contributed by atoms with van der Waals surface area (Å²) in [6, 6.07) is 9.75. The van der Waals surface area contributed by atoms with Gasteiger partial charge in [0.1, 0.15) is 17.3 Å². The van der Waals surface area contributed by atoms with Crippen molar-refractivity contribution in [3.8, 4) is 11.3 Å². The molecule has 0 saturated heterocycles. The maximum atomic E-state index is 11.0. The van der Waals surface area contributed by atoms with Gasteiger partial charge in [0.15, 0.2) is 0 Å². The summed E-state index contributed by atoms with van der Waals surface area (Å²) < 4.78 is 6.73. The van der Waals surface area contributed by atoms with Gasteiger partial charge in [0.25, 0.3) is 0 Å². The van der Waals surface area contributed by atoms with E-state index in [1.165, 1.54) is 0 Å². The first kappa shape index (κ1) is 12.1. The van der Waals surface area contributed by atoms with E-state index in [4.69, 9.17) is 4.42 Å². The molecule has 0 atom stereocenters. The van der Waals surface area contributed by atoms with Gasteiger partial charge in [-0.15, -0.1) is 0 Å². The number of ketones is 1. The van der Waals surface area contributed by atoms with Crippen molar-refractivity contribution in [1.82, 2.24) is 0 Å². The highest BCUT2D eigenvalue weighted by atomic mass is 79.9. The minimum Gasteiger partial charge on any atom is -0.461 e. The first-order valence-electron chi connectivity index (χ1n) is 5.41. The van der Waals surface area contributed by atoms with Crippen LogP contribution in [0.15, 0.2) is 39.2 Å². The Morgan fingerprint density at radius 1 is 1.29 bits per heavy atom. The van der Waals surface area contributed by atoms with Gasteiger partial charge in [0, 0.05) is 10.0 Å². The molecule has 1 heterocycles. The molecular weight excluding hydrogens is 280 g/mol. The highest BCUT2D eigenvalue weighted by molar-refractivity contribution is 9.10. The molecule has 0 aliphatic carbocycles. The lowest BCUT2D eigenvalue weighted by molar-refractivity contribution is -0.116. The van der Waals surface area contributed by atoms with Crippen molar-refractivity contribution in [3.63, 3.8) is 0 Å². The van der Waals surface area contributed by atoms with Crippen LogP contribution in [-0.4, -0.2) is 5.78 Å². The normalized spacial score (nSPS) is 10.5. The molecule has 0 bridgehead atoms. The van der Waals surface area contributed by atoms with E-state index >= 15 is 0 Å². The monoisotopic (exact) mass is 292 g/mol. The number of halogens is 1. The zero-order valence-corrected chi connectivity index (χ0v) is 11.4. The Kier molecular flexibility index (Phi) is 3.48. The molecule has 2 nitrogen and oxygen atoms in total. The molecule has 0 amide bonds. The zero-order valence-electron chi connectivity index (χ0n) is 9.79. The molecule has 0 saturated carbocycles. The average Bonchev–Trinajstić information content (AvgIpc) is 2.69. The smallest absolute Gasteiger partial charge is 0.137 e. The largest absolute Gasteiger partial charge is 0.461 e. The fourth-order valence-corrected chi connectivity index (χ4v) is 2.10. The number of carbonyl (C=O) groups is 1. The molecule has 0 radical (unpaired) electrons. The Morgan fingerprint density at radius 2 is 2.06 bits per heavy atom. The lowest BCUT2D eigenvalue weighted by Crippen LogP contribution is -1.93. The topological polar surface area (TPSA) is 30.2 Å². The first-order chi connectivity index (χ1) is 8.08. The lowest BCUT2D eigenvalue weighted by atomic mass is 10.1. The predicted octanol–water partition coefficient (Wildman–Crippen LogP) is 4.15. The Morgan fingerprint density at radius 3 is 2.76 bits per heavy atom. The summed E-state index contributed by atoms with van der Waals surface area (Å²) in [7, 11) is 0. The van der Waals surface area contributed by atoms with Gasteiger partial charge >= 0.3 is 0 Å². The number of carbonyl (C=O) groups excluding carboxylic acids is 1. The molecule has 1 aromatic heterocycles. The molecule has 2 rings (SSSR count). The van der Waals surface area contributed by atoms with E-state index in [0.717, 1.165) is 21.4 Å². The van der Waals surface area contributed by atoms with E-state index < -0.39 is 0 Å². The average molecular weight is 293 g/mol. The maximum absolute atomic E-state index is 11.0. The third-order valence-electron chi connectivity index (χ3n) is 2.62. The van der Waals surface area contributed by atoms with Crippen LogP contribution in [0.1, 0.15) is 18.2 Å². The Bertz CT molecular complexity index is 555. The van der Waals surface area contributed by atoms with Crippen molar-refractivity contribution in [1.29, 1.82) is 0 Å². The fraction of sp³-hybridized carbons (Fsp3) is 0.214. The third-order valence-corrected chi connectivity index (χ3v) is 3.48. The molecule has 0 spiro atoms. The molecule has 2 aromatic rings. The summed E-state index contributed by atoms with van der Waals surface area (Å²) >= 11 is 3.49. The van der Waals surface area contributed by atoms with Crippen LogP contribution < -0.4 is 0 Å². The molecule has 0 unspecified atom stereocenters. The highest BCUT2D eigenvalue weighted by Crippen LogP contribution is 2.29. The van der Waals surface area contributed by atoms with E-state index in [0.29, 0.717) is 12.2 Å². The Hall–Kier alpha value is -1.35. The van der Waals surface area contributed by atoms with Gasteiger partial charge in [-0.05, 0) is 37.6 Å². The summed E-state index contributed by atoms with van der Waals surface area (Å²) in [6.07, 6.45) is 0.354. The van der Waals surface area contributed by atoms with Gasteiger partial charge in [-0.2, -0.15) is 0 Å². The summed E-state index contributed by atoms with van der Waals surface area (Å²) in [4.78, 5) is 11.0. The van der Waals surface area contributed by atoms with Crippen LogP contribution in [0.4, 0.5) is 0 Å². The van der Waals surface area contributed by atoms with Crippen molar-refractivity contribution in [3.05, 3.63) is 46.1 Å². The van der Waals surface area contributed by atoms with Gasteiger partial charge in [-0.3, -0.25) is 4.79 Å². The number of benzene rings is 1. The van der Waals surface area contributed by atoms with Gasteiger partial charge in [-0.1, -0.05) is 28.1 Å². The maximum Gasteiger partial charge on any atom is 0.137 e. The summed E-state index contributed by atoms with van der Waals surface area (Å²) in [5.74, 6) is 1.63. The second kappa shape index (κ2) is 4.88. The standard InChI is InChI=1S/C14H13BrO2/c1-9(16)8-11-6-7-14(17-11)12-4-3-5-13(15)10(12)2/h3-7H,8H2,1-2H3. The number of hydrogen-bond acceptors (Lipinski definition) is 2. The Balaban J connectivity index is 2.37. The fourth-order valence-electron chi connectivity index (χ4n) is 1.74. The number of furan rings is 1. The van der Waals surface area contributed by atoms with Crippen molar-refractivity contribution in [2.75, 3.05) is 0 Å². The van der Waals surface area contributed by atoms with E-state index in [2.05, 4.69) is 15.9 Å². The van der Waals surface area contributed by atoms with E-state index in [1.807, 2.05) is 37.3 Å².